The zero-order chi connectivity index (χ0) is 20.1. The monoisotopic (exact) mass is 381 g/mol. The third-order valence-corrected chi connectivity index (χ3v) is 4.67. The molecule has 3 rings (SSSR count). The fourth-order valence-corrected chi connectivity index (χ4v) is 3.01. The van der Waals surface area contributed by atoms with Gasteiger partial charge in [-0.15, -0.1) is 5.10 Å². The standard InChI is InChI=1S/C21H24FN5O/c1-4-26(5-2)14-16-7-6-8-18(13-16)23-21(28)20-15(3)27(25-24-20)19-11-9-17(22)10-12-19/h6-13H,4-5,14H2,1-3H3,(H,23,28). The molecule has 28 heavy (non-hydrogen) atoms. The first kappa shape index (κ1) is 19.7. The van der Waals surface area contributed by atoms with Crippen LogP contribution in [-0.4, -0.2) is 38.9 Å². The van der Waals surface area contributed by atoms with Crippen LogP contribution in [-0.2, 0) is 6.54 Å². The second kappa shape index (κ2) is 8.75. The van der Waals surface area contributed by atoms with Crippen LogP contribution in [0.5, 0.6) is 0 Å². The number of aromatic nitrogens is 3. The van der Waals surface area contributed by atoms with E-state index in [-0.39, 0.29) is 17.4 Å². The zero-order valence-corrected chi connectivity index (χ0v) is 16.3. The molecule has 6 nitrogen and oxygen atoms in total. The number of amides is 1. The molecular weight excluding hydrogens is 357 g/mol. The highest BCUT2D eigenvalue weighted by atomic mass is 19.1. The van der Waals surface area contributed by atoms with Crippen LogP contribution in [0.3, 0.4) is 0 Å². The third-order valence-electron chi connectivity index (χ3n) is 4.67. The molecule has 1 amide bonds. The van der Waals surface area contributed by atoms with E-state index in [2.05, 4.69) is 34.4 Å². The van der Waals surface area contributed by atoms with E-state index < -0.39 is 0 Å². The van der Waals surface area contributed by atoms with Gasteiger partial charge in [-0.25, -0.2) is 9.07 Å². The molecule has 0 atom stereocenters. The maximum atomic E-state index is 13.1. The molecule has 3 aromatic rings. The Bertz CT molecular complexity index is 948. The van der Waals surface area contributed by atoms with Gasteiger partial charge in [0.1, 0.15) is 5.82 Å². The van der Waals surface area contributed by atoms with E-state index in [1.165, 1.54) is 16.8 Å². The number of carbonyl (C=O) groups is 1. The number of benzene rings is 2. The lowest BCUT2D eigenvalue weighted by Gasteiger charge is -2.18. The number of carbonyl (C=O) groups excluding carboxylic acids is 1. The molecule has 0 fully saturated rings. The van der Waals surface area contributed by atoms with Gasteiger partial charge in [0.25, 0.3) is 5.91 Å². The molecule has 0 aliphatic rings. The molecule has 146 valence electrons. The predicted octanol–water partition coefficient (Wildman–Crippen LogP) is 3.81. The quantitative estimate of drug-likeness (QED) is 0.676. The summed E-state index contributed by atoms with van der Waals surface area (Å²) in [5, 5.41) is 10.9. The van der Waals surface area contributed by atoms with E-state index in [9.17, 15) is 9.18 Å². The van der Waals surface area contributed by atoms with Gasteiger partial charge in [0.2, 0.25) is 0 Å². The summed E-state index contributed by atoms with van der Waals surface area (Å²) >= 11 is 0. The summed E-state index contributed by atoms with van der Waals surface area (Å²) in [5.74, 6) is -0.657. The van der Waals surface area contributed by atoms with Gasteiger partial charge in [0.15, 0.2) is 5.69 Å². The van der Waals surface area contributed by atoms with Crippen LogP contribution in [0.25, 0.3) is 5.69 Å². The van der Waals surface area contributed by atoms with E-state index in [1.54, 1.807) is 19.1 Å². The predicted molar refractivity (Wildman–Crippen MR) is 107 cm³/mol. The Hall–Kier alpha value is -3.06. The van der Waals surface area contributed by atoms with Crippen LogP contribution < -0.4 is 5.32 Å². The van der Waals surface area contributed by atoms with Gasteiger partial charge in [-0.1, -0.05) is 31.2 Å². The van der Waals surface area contributed by atoms with E-state index in [1.807, 2.05) is 24.3 Å². The summed E-state index contributed by atoms with van der Waals surface area (Å²) in [6.07, 6.45) is 0. The maximum absolute atomic E-state index is 13.1. The Morgan fingerprint density at radius 1 is 1.14 bits per heavy atom. The van der Waals surface area contributed by atoms with Crippen LogP contribution in [0.1, 0.15) is 35.6 Å². The number of hydrogen-bond donors (Lipinski definition) is 1. The minimum atomic E-state index is -0.330. The lowest BCUT2D eigenvalue weighted by atomic mass is 10.2. The van der Waals surface area contributed by atoms with Crippen LogP contribution in [0.4, 0.5) is 10.1 Å². The molecule has 0 radical (unpaired) electrons. The van der Waals surface area contributed by atoms with Gasteiger partial charge >= 0.3 is 0 Å². The molecule has 0 aliphatic carbocycles. The highest BCUT2D eigenvalue weighted by Gasteiger charge is 2.17. The van der Waals surface area contributed by atoms with Gasteiger partial charge in [-0.3, -0.25) is 9.69 Å². The van der Waals surface area contributed by atoms with Crippen LogP contribution in [0.2, 0.25) is 0 Å². The molecule has 0 aliphatic heterocycles. The number of anilines is 1. The molecule has 0 bridgehead atoms. The Labute approximate surface area is 164 Å². The van der Waals surface area contributed by atoms with Crippen molar-refractivity contribution in [3.05, 3.63) is 71.3 Å². The first-order chi connectivity index (χ1) is 13.5. The van der Waals surface area contributed by atoms with Gasteiger partial charge in [0.05, 0.1) is 11.4 Å². The summed E-state index contributed by atoms with van der Waals surface area (Å²) in [6.45, 7) is 8.79. The highest BCUT2D eigenvalue weighted by Crippen LogP contribution is 2.16. The first-order valence-electron chi connectivity index (χ1n) is 9.32. The van der Waals surface area contributed by atoms with E-state index >= 15 is 0 Å². The first-order valence-corrected chi connectivity index (χ1v) is 9.32. The second-order valence-corrected chi connectivity index (χ2v) is 6.53. The normalized spacial score (nSPS) is 11.0. The summed E-state index contributed by atoms with van der Waals surface area (Å²) in [6, 6.07) is 13.7. The van der Waals surface area contributed by atoms with E-state index in [0.717, 1.165) is 25.2 Å². The van der Waals surface area contributed by atoms with E-state index in [0.29, 0.717) is 17.1 Å². The molecule has 0 saturated carbocycles. The van der Waals surface area contributed by atoms with Crippen molar-refractivity contribution in [3.63, 3.8) is 0 Å². The van der Waals surface area contributed by atoms with E-state index in [4.69, 9.17) is 0 Å². The lowest BCUT2D eigenvalue weighted by Crippen LogP contribution is -2.22. The summed E-state index contributed by atoms with van der Waals surface area (Å²) in [4.78, 5) is 15.0. The summed E-state index contributed by atoms with van der Waals surface area (Å²) in [7, 11) is 0. The Morgan fingerprint density at radius 2 is 1.86 bits per heavy atom. The Morgan fingerprint density at radius 3 is 2.54 bits per heavy atom. The third kappa shape index (κ3) is 4.43. The average molecular weight is 381 g/mol. The molecule has 0 unspecified atom stereocenters. The molecule has 1 heterocycles. The number of nitrogens with zero attached hydrogens (tertiary/aromatic N) is 4. The zero-order valence-electron chi connectivity index (χ0n) is 16.3. The molecule has 1 N–H and O–H groups in total. The van der Waals surface area contributed by atoms with Gasteiger partial charge in [-0.2, -0.15) is 0 Å². The fourth-order valence-electron chi connectivity index (χ4n) is 3.01. The van der Waals surface area contributed by atoms with Gasteiger partial charge in [-0.05, 0) is 62.0 Å². The molecule has 1 aromatic heterocycles. The number of hydrogen-bond acceptors (Lipinski definition) is 4. The van der Waals surface area contributed by atoms with Gasteiger partial charge < -0.3 is 5.32 Å². The topological polar surface area (TPSA) is 63.1 Å². The van der Waals surface area contributed by atoms with Crippen molar-refractivity contribution < 1.29 is 9.18 Å². The molecule has 0 saturated heterocycles. The molecule has 0 spiro atoms. The molecule has 2 aromatic carbocycles. The van der Waals surface area contributed by atoms with Gasteiger partial charge in [0, 0.05) is 12.2 Å². The lowest BCUT2D eigenvalue weighted by molar-refractivity contribution is 0.102. The molecular formula is C21H24FN5O. The smallest absolute Gasteiger partial charge is 0.278 e. The van der Waals surface area contributed by atoms with Crippen LogP contribution in [0, 0.1) is 12.7 Å². The van der Waals surface area contributed by atoms with Crippen molar-refractivity contribution in [1.29, 1.82) is 0 Å². The summed E-state index contributed by atoms with van der Waals surface area (Å²) in [5.41, 5.74) is 3.31. The largest absolute Gasteiger partial charge is 0.321 e. The maximum Gasteiger partial charge on any atom is 0.278 e. The Balaban J connectivity index is 1.76. The van der Waals surface area contributed by atoms with Crippen molar-refractivity contribution in [1.82, 2.24) is 19.9 Å². The van der Waals surface area contributed by atoms with Crippen molar-refractivity contribution in [2.24, 2.45) is 0 Å². The van der Waals surface area contributed by atoms with Crippen molar-refractivity contribution in [3.8, 4) is 5.69 Å². The SMILES string of the molecule is CCN(CC)Cc1cccc(NC(=O)c2nnn(-c3ccc(F)cc3)c2C)c1. The minimum Gasteiger partial charge on any atom is -0.321 e. The Kier molecular flexibility index (Phi) is 6.16. The number of halogens is 1. The highest BCUT2D eigenvalue weighted by molar-refractivity contribution is 6.03. The second-order valence-electron chi connectivity index (χ2n) is 6.53. The number of nitrogens with one attached hydrogen (secondary N) is 1. The average Bonchev–Trinajstić information content (AvgIpc) is 3.08. The van der Waals surface area contributed by atoms with Crippen LogP contribution >= 0.6 is 0 Å². The van der Waals surface area contributed by atoms with Crippen molar-refractivity contribution >= 4 is 11.6 Å². The van der Waals surface area contributed by atoms with Crippen molar-refractivity contribution in [2.45, 2.75) is 27.3 Å². The van der Waals surface area contributed by atoms with Crippen LogP contribution in [0.15, 0.2) is 48.5 Å². The minimum absolute atomic E-state index is 0.235. The fraction of sp³-hybridized carbons (Fsp3) is 0.286. The molecule has 7 heteroatoms. The number of rotatable bonds is 7. The summed E-state index contributed by atoms with van der Waals surface area (Å²) < 4.78 is 14.6. The van der Waals surface area contributed by atoms with Crippen molar-refractivity contribution in [2.75, 3.05) is 18.4 Å².